The van der Waals surface area contributed by atoms with Crippen molar-refractivity contribution in [2.45, 2.75) is 33.2 Å². The zero-order valence-corrected chi connectivity index (χ0v) is 13.4. The molecule has 112 valence electrons. The maximum absolute atomic E-state index is 5.94. The highest BCUT2D eigenvalue weighted by atomic mass is 32.1. The first-order chi connectivity index (χ1) is 10.1. The van der Waals surface area contributed by atoms with Gasteiger partial charge in [0.1, 0.15) is 4.99 Å². The fraction of sp³-hybridized carbons (Fsp3) is 0.400. The van der Waals surface area contributed by atoms with Gasteiger partial charge in [0.2, 0.25) is 0 Å². The molecule has 0 aliphatic carbocycles. The molecule has 0 spiro atoms. The highest BCUT2D eigenvalue weighted by molar-refractivity contribution is 7.80. The number of aromatic nitrogens is 2. The second-order valence-electron chi connectivity index (χ2n) is 4.88. The van der Waals surface area contributed by atoms with Crippen molar-refractivity contribution < 1.29 is 4.42 Å². The van der Waals surface area contributed by atoms with E-state index in [1.54, 1.807) is 12.5 Å². The topological polar surface area (TPSA) is 68.2 Å². The number of aryl methyl sites for hydroxylation is 1. The summed E-state index contributed by atoms with van der Waals surface area (Å²) in [6, 6.07) is 1.92. The minimum Gasteiger partial charge on any atom is -0.472 e. The van der Waals surface area contributed by atoms with E-state index in [0.717, 1.165) is 41.0 Å². The third-order valence-corrected chi connectivity index (χ3v) is 3.64. The molecule has 21 heavy (non-hydrogen) atoms. The Morgan fingerprint density at radius 2 is 2.10 bits per heavy atom. The molecule has 2 aromatic rings. The molecule has 0 unspecified atom stereocenters. The Hall–Kier alpha value is -1.95. The van der Waals surface area contributed by atoms with Crippen LogP contribution >= 0.6 is 12.2 Å². The van der Waals surface area contributed by atoms with E-state index in [-0.39, 0.29) is 0 Å². The first-order valence-corrected chi connectivity index (χ1v) is 7.39. The van der Waals surface area contributed by atoms with E-state index in [4.69, 9.17) is 22.4 Å². The monoisotopic (exact) mass is 304 g/mol. The largest absolute Gasteiger partial charge is 0.472 e. The number of hydrogen-bond acceptors (Lipinski definition) is 5. The van der Waals surface area contributed by atoms with Gasteiger partial charge in [-0.15, -0.1) is 5.10 Å². The van der Waals surface area contributed by atoms with Gasteiger partial charge in [0.25, 0.3) is 0 Å². The summed E-state index contributed by atoms with van der Waals surface area (Å²) in [6.45, 7) is 4.80. The predicted molar refractivity (Wildman–Crippen MR) is 87.5 cm³/mol. The number of thiocarbonyl (C=S) groups is 1. The Bertz CT molecular complexity index is 625. The molecule has 6 heteroatoms. The molecule has 2 N–H and O–H groups in total. The first-order valence-electron chi connectivity index (χ1n) is 6.98. The van der Waals surface area contributed by atoms with Gasteiger partial charge in [-0.1, -0.05) is 26.1 Å². The molecule has 0 radical (unpaired) electrons. The fourth-order valence-electron chi connectivity index (χ4n) is 2.42. The van der Waals surface area contributed by atoms with Gasteiger partial charge in [0, 0.05) is 19.2 Å². The SMILES string of the molecule is CCc1nnc(N(C)Cc2ccoc2)c(C(N)=S)c1CC. The van der Waals surface area contributed by atoms with Crippen LogP contribution in [0.25, 0.3) is 0 Å². The van der Waals surface area contributed by atoms with Crippen LogP contribution in [0.1, 0.15) is 36.2 Å². The lowest BCUT2D eigenvalue weighted by Crippen LogP contribution is -2.25. The smallest absolute Gasteiger partial charge is 0.161 e. The van der Waals surface area contributed by atoms with Crippen molar-refractivity contribution in [3.8, 4) is 0 Å². The summed E-state index contributed by atoms with van der Waals surface area (Å²) in [6.07, 6.45) is 5.02. The fourth-order valence-corrected chi connectivity index (χ4v) is 2.63. The highest BCUT2D eigenvalue weighted by Crippen LogP contribution is 2.24. The van der Waals surface area contributed by atoms with Crippen LogP contribution in [0, 0.1) is 0 Å². The number of nitrogens with zero attached hydrogens (tertiary/aromatic N) is 3. The zero-order chi connectivity index (χ0) is 15.4. The molecule has 0 bridgehead atoms. The molecule has 0 saturated heterocycles. The molecule has 0 atom stereocenters. The third kappa shape index (κ3) is 3.21. The summed E-state index contributed by atoms with van der Waals surface area (Å²) in [5.41, 5.74) is 9.89. The van der Waals surface area contributed by atoms with Crippen molar-refractivity contribution in [3.63, 3.8) is 0 Å². The van der Waals surface area contributed by atoms with Crippen molar-refractivity contribution in [1.82, 2.24) is 10.2 Å². The Morgan fingerprint density at radius 1 is 1.33 bits per heavy atom. The lowest BCUT2D eigenvalue weighted by molar-refractivity contribution is 0.563. The van der Waals surface area contributed by atoms with Crippen LogP contribution in [0.15, 0.2) is 23.0 Å². The first kappa shape index (κ1) is 15.4. The highest BCUT2D eigenvalue weighted by Gasteiger charge is 2.19. The number of anilines is 1. The van der Waals surface area contributed by atoms with Crippen LogP contribution < -0.4 is 10.6 Å². The summed E-state index contributed by atoms with van der Waals surface area (Å²) >= 11 is 5.24. The van der Waals surface area contributed by atoms with Gasteiger partial charge in [0.15, 0.2) is 5.82 Å². The number of hydrogen-bond donors (Lipinski definition) is 1. The van der Waals surface area contributed by atoms with Crippen LogP contribution in [-0.2, 0) is 19.4 Å². The molecular formula is C15H20N4OS. The van der Waals surface area contributed by atoms with Gasteiger partial charge >= 0.3 is 0 Å². The number of nitrogens with two attached hydrogens (primary N) is 1. The lowest BCUT2D eigenvalue weighted by atomic mass is 10.0. The molecule has 0 aromatic carbocycles. The zero-order valence-electron chi connectivity index (χ0n) is 12.6. The molecule has 0 amide bonds. The molecule has 5 nitrogen and oxygen atoms in total. The van der Waals surface area contributed by atoms with E-state index in [0.29, 0.717) is 11.5 Å². The normalized spacial score (nSPS) is 10.6. The van der Waals surface area contributed by atoms with Crippen molar-refractivity contribution in [2.75, 3.05) is 11.9 Å². The summed E-state index contributed by atoms with van der Waals surface area (Å²) in [5.74, 6) is 0.720. The number of rotatable bonds is 6. The second-order valence-corrected chi connectivity index (χ2v) is 5.32. The van der Waals surface area contributed by atoms with Gasteiger partial charge in [0.05, 0.1) is 23.8 Å². The number of furan rings is 1. The minimum atomic E-state index is 0.366. The van der Waals surface area contributed by atoms with Gasteiger partial charge < -0.3 is 15.1 Å². The van der Waals surface area contributed by atoms with Crippen LogP contribution in [0.3, 0.4) is 0 Å². The van der Waals surface area contributed by atoms with E-state index < -0.39 is 0 Å². The third-order valence-electron chi connectivity index (χ3n) is 3.44. The van der Waals surface area contributed by atoms with E-state index in [2.05, 4.69) is 24.0 Å². The van der Waals surface area contributed by atoms with Gasteiger partial charge in [-0.05, 0) is 24.5 Å². The molecule has 0 saturated carbocycles. The van der Waals surface area contributed by atoms with Crippen molar-refractivity contribution in [3.05, 3.63) is 41.0 Å². The Morgan fingerprint density at radius 3 is 2.62 bits per heavy atom. The maximum Gasteiger partial charge on any atom is 0.161 e. The average molecular weight is 304 g/mol. The standard InChI is InChI=1S/C15H20N4OS/c1-4-11-12(5-2)17-18-15(13(11)14(16)21)19(3)8-10-6-7-20-9-10/h6-7,9H,4-5,8H2,1-3H3,(H2,16,21). The van der Waals surface area contributed by atoms with Gasteiger partial charge in [-0.25, -0.2) is 0 Å². The second kappa shape index (κ2) is 6.67. The van der Waals surface area contributed by atoms with Crippen molar-refractivity contribution in [2.24, 2.45) is 5.73 Å². The summed E-state index contributed by atoms with van der Waals surface area (Å²) in [7, 11) is 1.95. The molecule has 0 aliphatic rings. The van der Waals surface area contributed by atoms with Crippen molar-refractivity contribution in [1.29, 1.82) is 0 Å². The van der Waals surface area contributed by atoms with E-state index in [1.807, 2.05) is 18.0 Å². The molecule has 2 heterocycles. The van der Waals surface area contributed by atoms with E-state index >= 15 is 0 Å². The predicted octanol–water partition coefficient (Wildman–Crippen LogP) is 2.47. The Balaban J connectivity index is 2.45. The van der Waals surface area contributed by atoms with E-state index in [1.165, 1.54) is 0 Å². The molecule has 0 aliphatic heterocycles. The summed E-state index contributed by atoms with van der Waals surface area (Å²) < 4.78 is 5.10. The van der Waals surface area contributed by atoms with Crippen LogP contribution in [0.5, 0.6) is 0 Å². The Labute approximate surface area is 130 Å². The minimum absolute atomic E-state index is 0.366. The van der Waals surface area contributed by atoms with Crippen LogP contribution in [-0.4, -0.2) is 22.2 Å². The molecule has 0 fully saturated rings. The van der Waals surface area contributed by atoms with Gasteiger partial charge in [-0.2, -0.15) is 5.10 Å². The summed E-state index contributed by atoms with van der Waals surface area (Å²) in [4.78, 5) is 2.36. The summed E-state index contributed by atoms with van der Waals surface area (Å²) in [5, 5.41) is 8.67. The molecular weight excluding hydrogens is 284 g/mol. The van der Waals surface area contributed by atoms with Crippen LogP contribution in [0.4, 0.5) is 5.82 Å². The van der Waals surface area contributed by atoms with Crippen molar-refractivity contribution >= 4 is 23.0 Å². The van der Waals surface area contributed by atoms with E-state index in [9.17, 15) is 0 Å². The maximum atomic E-state index is 5.94. The lowest BCUT2D eigenvalue weighted by Gasteiger charge is -2.22. The average Bonchev–Trinajstić information content (AvgIpc) is 2.98. The molecule has 2 aromatic heterocycles. The quantitative estimate of drug-likeness (QED) is 0.827. The molecule has 2 rings (SSSR count). The van der Waals surface area contributed by atoms with Gasteiger partial charge in [-0.3, -0.25) is 0 Å². The Kier molecular flexibility index (Phi) is 4.90. The van der Waals surface area contributed by atoms with Crippen LogP contribution in [0.2, 0.25) is 0 Å².